The van der Waals surface area contributed by atoms with Crippen LogP contribution in [0.2, 0.25) is 0 Å². The Morgan fingerprint density at radius 2 is 2.24 bits per heavy atom. The Kier molecular flexibility index (Phi) is 4.94. The van der Waals surface area contributed by atoms with Crippen LogP contribution in [0.5, 0.6) is 0 Å². The molecule has 4 heteroatoms. The van der Waals surface area contributed by atoms with Gasteiger partial charge in [0.05, 0.1) is 0 Å². The molecule has 1 rings (SSSR count). The van der Waals surface area contributed by atoms with Crippen LogP contribution in [-0.4, -0.2) is 35.4 Å². The number of carbonyl (C=O) groups excluding carboxylic acids is 1. The summed E-state index contributed by atoms with van der Waals surface area (Å²) in [5, 5.41) is 2.94. The maximum atomic E-state index is 12.3. The number of hydrogen-bond donors (Lipinski definition) is 1. The molecule has 1 N–H and O–H groups in total. The molecule has 1 aromatic heterocycles. The van der Waals surface area contributed by atoms with E-state index in [1.165, 1.54) is 0 Å². The molecule has 17 heavy (non-hydrogen) atoms. The molecule has 0 aromatic carbocycles. The molecular formula is C13H21N3O. The summed E-state index contributed by atoms with van der Waals surface area (Å²) >= 11 is 0. The fourth-order valence-electron chi connectivity index (χ4n) is 1.70. The van der Waals surface area contributed by atoms with E-state index in [1.54, 1.807) is 25.4 Å². The Morgan fingerprint density at radius 1 is 1.53 bits per heavy atom. The van der Waals surface area contributed by atoms with Gasteiger partial charge in [-0.2, -0.15) is 0 Å². The van der Waals surface area contributed by atoms with Gasteiger partial charge in [0.15, 0.2) is 0 Å². The lowest BCUT2D eigenvalue weighted by Crippen LogP contribution is -2.37. The molecule has 1 aromatic rings. The lowest BCUT2D eigenvalue weighted by molar-refractivity contribution is 0.0706. The van der Waals surface area contributed by atoms with Crippen LogP contribution in [0, 0.1) is 0 Å². The minimum atomic E-state index is 0.0701. The third-order valence-corrected chi connectivity index (χ3v) is 2.61. The smallest absolute Gasteiger partial charge is 0.254 e. The lowest BCUT2D eigenvalue weighted by Gasteiger charge is -2.26. The minimum absolute atomic E-state index is 0.0701. The summed E-state index contributed by atoms with van der Waals surface area (Å²) in [7, 11) is 1.79. The van der Waals surface area contributed by atoms with Crippen molar-refractivity contribution in [2.75, 3.05) is 18.9 Å². The molecule has 0 atom stereocenters. The van der Waals surface area contributed by atoms with E-state index < -0.39 is 0 Å². The summed E-state index contributed by atoms with van der Waals surface area (Å²) in [6.45, 7) is 6.93. The average molecular weight is 235 g/mol. The first kappa shape index (κ1) is 13.5. The first-order valence-electron chi connectivity index (χ1n) is 6.05. The summed E-state index contributed by atoms with van der Waals surface area (Å²) in [4.78, 5) is 18.3. The topological polar surface area (TPSA) is 45.2 Å². The molecule has 1 amide bonds. The van der Waals surface area contributed by atoms with Crippen molar-refractivity contribution in [3.8, 4) is 0 Å². The van der Waals surface area contributed by atoms with Gasteiger partial charge in [0, 0.05) is 31.4 Å². The maximum Gasteiger partial charge on any atom is 0.254 e. The highest BCUT2D eigenvalue weighted by atomic mass is 16.2. The van der Waals surface area contributed by atoms with E-state index in [0.29, 0.717) is 5.56 Å². The number of anilines is 1. The molecule has 0 radical (unpaired) electrons. The Morgan fingerprint density at radius 3 is 2.76 bits per heavy atom. The molecule has 0 saturated carbocycles. The predicted octanol–water partition coefficient (Wildman–Crippen LogP) is 2.38. The SMILES string of the molecule is CCCN(C(=O)c1ccnc(NC)c1)C(C)C. The number of hydrogen-bond acceptors (Lipinski definition) is 3. The van der Waals surface area contributed by atoms with E-state index in [2.05, 4.69) is 17.2 Å². The van der Waals surface area contributed by atoms with Gasteiger partial charge in [-0.1, -0.05) is 6.92 Å². The molecule has 1 heterocycles. The lowest BCUT2D eigenvalue weighted by atomic mass is 10.2. The van der Waals surface area contributed by atoms with Crippen LogP contribution in [0.1, 0.15) is 37.6 Å². The fourth-order valence-corrected chi connectivity index (χ4v) is 1.70. The number of nitrogens with zero attached hydrogens (tertiary/aromatic N) is 2. The summed E-state index contributed by atoms with van der Waals surface area (Å²) < 4.78 is 0. The Labute approximate surface area is 103 Å². The first-order valence-corrected chi connectivity index (χ1v) is 6.05. The molecule has 0 aliphatic heterocycles. The molecular weight excluding hydrogens is 214 g/mol. The van der Waals surface area contributed by atoms with Crippen LogP contribution in [0.15, 0.2) is 18.3 Å². The van der Waals surface area contributed by atoms with E-state index in [-0.39, 0.29) is 11.9 Å². The van der Waals surface area contributed by atoms with Gasteiger partial charge < -0.3 is 10.2 Å². The fraction of sp³-hybridized carbons (Fsp3) is 0.538. The summed E-state index contributed by atoms with van der Waals surface area (Å²) in [6.07, 6.45) is 2.62. The average Bonchev–Trinajstić information content (AvgIpc) is 2.34. The summed E-state index contributed by atoms with van der Waals surface area (Å²) in [6, 6.07) is 3.76. The van der Waals surface area contributed by atoms with Gasteiger partial charge in [-0.3, -0.25) is 4.79 Å². The van der Waals surface area contributed by atoms with Gasteiger partial charge in [0.25, 0.3) is 5.91 Å². The number of pyridine rings is 1. The molecule has 0 bridgehead atoms. The highest BCUT2D eigenvalue weighted by molar-refractivity contribution is 5.95. The first-order chi connectivity index (χ1) is 8.10. The summed E-state index contributed by atoms with van der Waals surface area (Å²) in [5.41, 5.74) is 0.687. The van der Waals surface area contributed by atoms with Gasteiger partial charge in [-0.15, -0.1) is 0 Å². The third-order valence-electron chi connectivity index (χ3n) is 2.61. The zero-order valence-electron chi connectivity index (χ0n) is 11.0. The quantitative estimate of drug-likeness (QED) is 0.852. The summed E-state index contributed by atoms with van der Waals surface area (Å²) in [5.74, 6) is 0.789. The van der Waals surface area contributed by atoms with Crippen LogP contribution in [-0.2, 0) is 0 Å². The second-order valence-corrected chi connectivity index (χ2v) is 4.27. The van der Waals surface area contributed by atoms with Crippen LogP contribution >= 0.6 is 0 Å². The van der Waals surface area contributed by atoms with Crippen molar-refractivity contribution >= 4 is 11.7 Å². The molecule has 94 valence electrons. The molecule has 0 aliphatic rings. The second-order valence-electron chi connectivity index (χ2n) is 4.27. The highest BCUT2D eigenvalue weighted by Crippen LogP contribution is 2.12. The van der Waals surface area contributed by atoms with Crippen LogP contribution in [0.3, 0.4) is 0 Å². The van der Waals surface area contributed by atoms with E-state index in [0.717, 1.165) is 18.8 Å². The van der Waals surface area contributed by atoms with E-state index >= 15 is 0 Å². The van der Waals surface area contributed by atoms with Gasteiger partial charge >= 0.3 is 0 Å². The largest absolute Gasteiger partial charge is 0.373 e. The molecule has 0 spiro atoms. The Bertz CT molecular complexity index is 377. The van der Waals surface area contributed by atoms with Crippen molar-refractivity contribution in [3.63, 3.8) is 0 Å². The van der Waals surface area contributed by atoms with Crippen molar-refractivity contribution < 1.29 is 4.79 Å². The van der Waals surface area contributed by atoms with E-state index in [9.17, 15) is 4.79 Å². The van der Waals surface area contributed by atoms with Crippen molar-refractivity contribution in [1.82, 2.24) is 9.88 Å². The van der Waals surface area contributed by atoms with Crippen molar-refractivity contribution in [1.29, 1.82) is 0 Å². The molecule has 4 nitrogen and oxygen atoms in total. The van der Waals surface area contributed by atoms with Crippen molar-refractivity contribution in [3.05, 3.63) is 23.9 Å². The Balaban J connectivity index is 2.92. The number of carbonyl (C=O) groups is 1. The van der Waals surface area contributed by atoms with Gasteiger partial charge in [-0.25, -0.2) is 4.98 Å². The minimum Gasteiger partial charge on any atom is -0.373 e. The zero-order valence-corrected chi connectivity index (χ0v) is 11.0. The normalized spacial score (nSPS) is 10.4. The number of rotatable bonds is 5. The van der Waals surface area contributed by atoms with Gasteiger partial charge in [0.2, 0.25) is 0 Å². The number of aromatic nitrogens is 1. The van der Waals surface area contributed by atoms with E-state index in [4.69, 9.17) is 0 Å². The van der Waals surface area contributed by atoms with Gasteiger partial charge in [0.1, 0.15) is 5.82 Å². The van der Waals surface area contributed by atoms with Crippen molar-refractivity contribution in [2.24, 2.45) is 0 Å². The Hall–Kier alpha value is -1.58. The van der Waals surface area contributed by atoms with Crippen LogP contribution in [0.4, 0.5) is 5.82 Å². The molecule has 0 fully saturated rings. The second kappa shape index (κ2) is 6.23. The highest BCUT2D eigenvalue weighted by Gasteiger charge is 2.17. The maximum absolute atomic E-state index is 12.3. The zero-order chi connectivity index (χ0) is 12.8. The number of amides is 1. The molecule has 0 unspecified atom stereocenters. The molecule has 0 saturated heterocycles. The van der Waals surface area contributed by atoms with Gasteiger partial charge in [-0.05, 0) is 32.4 Å². The van der Waals surface area contributed by atoms with Crippen LogP contribution in [0.25, 0.3) is 0 Å². The van der Waals surface area contributed by atoms with Crippen molar-refractivity contribution in [2.45, 2.75) is 33.2 Å². The van der Waals surface area contributed by atoms with Crippen LogP contribution < -0.4 is 5.32 Å². The number of nitrogens with one attached hydrogen (secondary N) is 1. The standard InChI is InChI=1S/C13H21N3O/c1-5-8-16(10(2)3)13(17)11-6-7-15-12(9-11)14-4/h6-7,9-10H,5,8H2,1-4H3,(H,14,15). The molecule has 0 aliphatic carbocycles. The monoisotopic (exact) mass is 235 g/mol. The van der Waals surface area contributed by atoms with E-state index in [1.807, 2.05) is 18.7 Å². The third kappa shape index (κ3) is 3.44. The predicted molar refractivity (Wildman–Crippen MR) is 70.2 cm³/mol.